The fraction of sp³-hybridized carbons (Fsp3) is 0.333. The van der Waals surface area contributed by atoms with Gasteiger partial charge in [0.1, 0.15) is 6.04 Å². The first-order valence-corrected chi connectivity index (χ1v) is 5.48. The molecule has 1 aliphatic rings. The molecule has 0 saturated carbocycles. The average molecular weight is 234 g/mol. The van der Waals surface area contributed by atoms with Crippen molar-refractivity contribution in [3.05, 3.63) is 30.3 Å². The maximum atomic E-state index is 11.8. The molecule has 5 nitrogen and oxygen atoms in total. The summed E-state index contributed by atoms with van der Waals surface area (Å²) < 4.78 is 0. The lowest BCUT2D eigenvalue weighted by Crippen LogP contribution is -2.47. The molecular formula is C12H14N2O3. The number of anilines is 1. The van der Waals surface area contributed by atoms with Crippen molar-refractivity contribution in [3.63, 3.8) is 0 Å². The summed E-state index contributed by atoms with van der Waals surface area (Å²) in [6, 6.07) is 8.39. The molecule has 0 aromatic heterocycles. The molecule has 2 rings (SSSR count). The van der Waals surface area contributed by atoms with Gasteiger partial charge in [-0.3, -0.25) is 9.59 Å². The lowest BCUT2D eigenvalue weighted by molar-refractivity contribution is -0.142. The van der Waals surface area contributed by atoms with Crippen molar-refractivity contribution >= 4 is 17.6 Å². The summed E-state index contributed by atoms with van der Waals surface area (Å²) in [4.78, 5) is 22.8. The molecule has 1 aromatic carbocycles. The van der Waals surface area contributed by atoms with Crippen molar-refractivity contribution in [2.45, 2.75) is 19.4 Å². The SMILES string of the molecule is CC(C(=O)O)N1CCC(=O)N1c1ccccc1. The van der Waals surface area contributed by atoms with Crippen molar-refractivity contribution in [3.8, 4) is 0 Å². The van der Waals surface area contributed by atoms with Crippen LogP contribution in [0.5, 0.6) is 0 Å². The zero-order valence-corrected chi connectivity index (χ0v) is 9.54. The van der Waals surface area contributed by atoms with Crippen molar-refractivity contribution in [1.29, 1.82) is 0 Å². The predicted molar refractivity (Wildman–Crippen MR) is 62.3 cm³/mol. The molecule has 90 valence electrons. The van der Waals surface area contributed by atoms with Crippen molar-refractivity contribution in [2.75, 3.05) is 11.6 Å². The van der Waals surface area contributed by atoms with Gasteiger partial charge in [-0.1, -0.05) is 18.2 Å². The lowest BCUT2D eigenvalue weighted by Gasteiger charge is -2.30. The number of aliphatic carboxylic acids is 1. The molecule has 0 bridgehead atoms. The third-order valence-electron chi connectivity index (χ3n) is 2.85. The molecule has 1 amide bonds. The van der Waals surface area contributed by atoms with Crippen LogP contribution in [-0.2, 0) is 9.59 Å². The predicted octanol–water partition coefficient (Wildman–Crippen LogP) is 1.11. The van der Waals surface area contributed by atoms with Gasteiger partial charge in [-0.15, -0.1) is 0 Å². The number of hydrogen-bond donors (Lipinski definition) is 1. The van der Waals surface area contributed by atoms with Gasteiger partial charge in [-0.2, -0.15) is 5.01 Å². The lowest BCUT2D eigenvalue weighted by atomic mass is 10.3. The van der Waals surface area contributed by atoms with Crippen LogP contribution in [0.25, 0.3) is 0 Å². The fourth-order valence-electron chi connectivity index (χ4n) is 1.92. The number of carboxylic acid groups (broad SMARTS) is 1. The minimum atomic E-state index is -0.930. The Morgan fingerprint density at radius 1 is 1.35 bits per heavy atom. The Balaban J connectivity index is 2.29. The Morgan fingerprint density at radius 2 is 2.00 bits per heavy atom. The van der Waals surface area contributed by atoms with E-state index in [9.17, 15) is 9.59 Å². The summed E-state index contributed by atoms with van der Waals surface area (Å²) in [5.74, 6) is -0.995. The Morgan fingerprint density at radius 3 is 2.59 bits per heavy atom. The summed E-state index contributed by atoms with van der Waals surface area (Å²) in [6.07, 6.45) is 0.354. The Bertz CT molecular complexity index is 433. The number of carbonyl (C=O) groups is 2. The van der Waals surface area contributed by atoms with E-state index in [0.29, 0.717) is 18.7 Å². The smallest absolute Gasteiger partial charge is 0.322 e. The first-order valence-electron chi connectivity index (χ1n) is 5.48. The molecule has 0 radical (unpaired) electrons. The summed E-state index contributed by atoms with van der Waals surface area (Å²) in [6.45, 7) is 2.03. The minimum absolute atomic E-state index is 0.0655. The molecule has 0 spiro atoms. The third-order valence-corrected chi connectivity index (χ3v) is 2.85. The first kappa shape index (κ1) is 11.6. The van der Waals surface area contributed by atoms with Crippen LogP contribution in [0.1, 0.15) is 13.3 Å². The number of hydrazine groups is 1. The number of rotatable bonds is 3. The van der Waals surface area contributed by atoms with Crippen molar-refractivity contribution in [2.24, 2.45) is 0 Å². The summed E-state index contributed by atoms with van der Waals surface area (Å²) in [5.41, 5.74) is 0.711. The molecule has 17 heavy (non-hydrogen) atoms. The first-order chi connectivity index (χ1) is 8.11. The highest BCUT2D eigenvalue weighted by Gasteiger charge is 2.36. The molecule has 1 atom stereocenters. The maximum Gasteiger partial charge on any atom is 0.322 e. The highest BCUT2D eigenvalue weighted by atomic mass is 16.4. The second-order valence-electron chi connectivity index (χ2n) is 3.97. The van der Waals surface area contributed by atoms with Gasteiger partial charge in [-0.05, 0) is 19.1 Å². The zero-order chi connectivity index (χ0) is 12.4. The second-order valence-corrected chi connectivity index (χ2v) is 3.97. The molecule has 5 heteroatoms. The number of hydrogen-bond acceptors (Lipinski definition) is 3. The minimum Gasteiger partial charge on any atom is -0.480 e. The fourth-order valence-corrected chi connectivity index (χ4v) is 1.92. The summed E-state index contributed by atoms with van der Waals surface area (Å²) in [7, 11) is 0. The van der Waals surface area contributed by atoms with E-state index in [1.807, 2.05) is 18.2 Å². The van der Waals surface area contributed by atoms with E-state index in [2.05, 4.69) is 0 Å². The van der Waals surface area contributed by atoms with E-state index in [1.165, 1.54) is 5.01 Å². The Hall–Kier alpha value is -1.88. The van der Waals surface area contributed by atoms with Crippen LogP contribution >= 0.6 is 0 Å². The van der Waals surface area contributed by atoms with Crippen molar-refractivity contribution < 1.29 is 14.7 Å². The van der Waals surface area contributed by atoms with Crippen LogP contribution in [0.15, 0.2) is 30.3 Å². The van der Waals surface area contributed by atoms with E-state index in [4.69, 9.17) is 5.11 Å². The number of para-hydroxylation sites is 1. The van der Waals surface area contributed by atoms with Gasteiger partial charge in [0.2, 0.25) is 5.91 Å². The highest BCUT2D eigenvalue weighted by molar-refractivity contribution is 5.95. The van der Waals surface area contributed by atoms with E-state index in [1.54, 1.807) is 24.1 Å². The van der Waals surface area contributed by atoms with Crippen LogP contribution in [0.2, 0.25) is 0 Å². The van der Waals surface area contributed by atoms with Crippen LogP contribution in [0.3, 0.4) is 0 Å². The number of carboxylic acids is 1. The van der Waals surface area contributed by atoms with Crippen LogP contribution < -0.4 is 5.01 Å². The monoisotopic (exact) mass is 234 g/mol. The highest BCUT2D eigenvalue weighted by Crippen LogP contribution is 2.24. The van der Waals surface area contributed by atoms with E-state index in [0.717, 1.165) is 0 Å². The van der Waals surface area contributed by atoms with Crippen molar-refractivity contribution in [1.82, 2.24) is 5.01 Å². The van der Waals surface area contributed by atoms with Crippen LogP contribution in [0, 0.1) is 0 Å². The average Bonchev–Trinajstić information content (AvgIpc) is 2.71. The maximum absolute atomic E-state index is 11.8. The number of carbonyl (C=O) groups excluding carboxylic acids is 1. The molecular weight excluding hydrogens is 220 g/mol. The molecule has 1 N–H and O–H groups in total. The van der Waals surface area contributed by atoms with Gasteiger partial charge >= 0.3 is 5.97 Å². The van der Waals surface area contributed by atoms with E-state index >= 15 is 0 Å². The Kier molecular flexibility index (Phi) is 3.10. The van der Waals surface area contributed by atoms with Gasteiger partial charge in [0, 0.05) is 13.0 Å². The van der Waals surface area contributed by atoms with Gasteiger partial charge in [0.15, 0.2) is 0 Å². The van der Waals surface area contributed by atoms with Gasteiger partial charge < -0.3 is 5.11 Å². The molecule has 1 unspecified atom stereocenters. The van der Waals surface area contributed by atoms with E-state index in [-0.39, 0.29) is 5.91 Å². The largest absolute Gasteiger partial charge is 0.480 e. The van der Waals surface area contributed by atoms with Crippen LogP contribution in [0.4, 0.5) is 5.69 Å². The van der Waals surface area contributed by atoms with Crippen LogP contribution in [-0.4, -0.2) is 34.6 Å². The topological polar surface area (TPSA) is 60.9 Å². The zero-order valence-electron chi connectivity index (χ0n) is 9.54. The molecule has 1 fully saturated rings. The molecule has 1 aromatic rings. The van der Waals surface area contributed by atoms with Gasteiger partial charge in [-0.25, -0.2) is 5.01 Å². The molecule has 0 aliphatic carbocycles. The summed E-state index contributed by atoms with van der Waals surface area (Å²) >= 11 is 0. The summed E-state index contributed by atoms with van der Waals surface area (Å²) in [5, 5.41) is 12.1. The quantitative estimate of drug-likeness (QED) is 0.851. The molecule has 1 aliphatic heterocycles. The third kappa shape index (κ3) is 2.14. The Labute approximate surface area is 99.2 Å². The molecule has 1 saturated heterocycles. The van der Waals surface area contributed by atoms with Gasteiger partial charge in [0.25, 0.3) is 0 Å². The number of amides is 1. The normalized spacial score (nSPS) is 18.4. The molecule has 1 heterocycles. The second kappa shape index (κ2) is 4.55. The van der Waals surface area contributed by atoms with E-state index < -0.39 is 12.0 Å². The number of benzene rings is 1. The standard InChI is InChI=1S/C12H14N2O3/c1-9(12(16)17)13-8-7-11(15)14(13)10-5-3-2-4-6-10/h2-6,9H,7-8H2,1H3,(H,16,17). The number of nitrogens with zero attached hydrogens (tertiary/aromatic N) is 2. The van der Waals surface area contributed by atoms with Gasteiger partial charge in [0.05, 0.1) is 5.69 Å².